The molecule has 2 nitrogen and oxygen atoms in total. The third kappa shape index (κ3) is 2.76. The van der Waals surface area contributed by atoms with Crippen molar-refractivity contribution >= 4 is 11.6 Å². The fourth-order valence-corrected chi connectivity index (χ4v) is 0.833. The topological polar surface area (TPSA) is 22.1 Å². The summed E-state index contributed by atoms with van der Waals surface area (Å²) in [7, 11) is 0. The Balaban J connectivity index is 2.56. The van der Waals surface area contributed by atoms with Crippen LogP contribution in [0.4, 0.5) is 0 Å². The maximum Gasteiger partial charge on any atom is 0.214 e. The number of hydrogen-bond donors (Lipinski definition) is 0. The van der Waals surface area contributed by atoms with Gasteiger partial charge in [-0.2, -0.15) is 0 Å². The van der Waals surface area contributed by atoms with E-state index < -0.39 is 0 Å². The molecular formula is C8H10ClNO. The van der Waals surface area contributed by atoms with Gasteiger partial charge in [0.15, 0.2) is 0 Å². The minimum absolute atomic E-state index is 0.471. The molecule has 0 saturated carbocycles. The normalized spacial score (nSPS) is 9.64. The summed E-state index contributed by atoms with van der Waals surface area (Å²) in [6, 6.07) is 5.34. The number of hydrogen-bond acceptors (Lipinski definition) is 2. The molecule has 0 aliphatic carbocycles. The molecule has 0 aromatic carbocycles. The minimum atomic E-state index is 0.471. The summed E-state index contributed by atoms with van der Waals surface area (Å²) in [5.74, 6) is 0.597. The van der Waals surface area contributed by atoms with Crippen LogP contribution in [0, 0.1) is 0 Å². The summed E-state index contributed by atoms with van der Waals surface area (Å²) in [4.78, 5) is 3.95. The fourth-order valence-electron chi connectivity index (χ4n) is 0.677. The first kappa shape index (κ1) is 8.34. The molecule has 11 heavy (non-hydrogen) atoms. The van der Waals surface area contributed by atoms with Crippen LogP contribution in [-0.2, 0) is 0 Å². The van der Waals surface area contributed by atoms with Crippen LogP contribution in [-0.4, -0.2) is 11.6 Å². The van der Waals surface area contributed by atoms with Crippen molar-refractivity contribution in [1.29, 1.82) is 0 Å². The van der Waals surface area contributed by atoms with E-state index in [9.17, 15) is 0 Å². The summed E-state index contributed by atoms with van der Waals surface area (Å²) in [5, 5.41) is 0.471. The van der Waals surface area contributed by atoms with Gasteiger partial charge < -0.3 is 4.74 Å². The van der Waals surface area contributed by atoms with Crippen LogP contribution in [0.25, 0.3) is 0 Å². The largest absolute Gasteiger partial charge is 0.478 e. The van der Waals surface area contributed by atoms with Crippen molar-refractivity contribution in [3.8, 4) is 5.88 Å². The Bertz CT molecular complexity index is 227. The standard InChI is InChI=1S/C8H10ClNO/c1-2-6-11-8-5-3-4-7(9)10-8/h3-5H,2,6H2,1H3. The van der Waals surface area contributed by atoms with Crippen molar-refractivity contribution in [3.05, 3.63) is 23.4 Å². The molecular weight excluding hydrogens is 162 g/mol. The Morgan fingerprint density at radius 1 is 1.55 bits per heavy atom. The van der Waals surface area contributed by atoms with Crippen molar-refractivity contribution in [2.75, 3.05) is 6.61 Å². The van der Waals surface area contributed by atoms with Crippen molar-refractivity contribution < 1.29 is 4.74 Å². The van der Waals surface area contributed by atoms with Gasteiger partial charge in [-0.1, -0.05) is 24.6 Å². The summed E-state index contributed by atoms with van der Waals surface area (Å²) in [5.41, 5.74) is 0. The van der Waals surface area contributed by atoms with E-state index in [0.29, 0.717) is 17.6 Å². The zero-order chi connectivity index (χ0) is 8.10. The van der Waals surface area contributed by atoms with Gasteiger partial charge in [0.2, 0.25) is 5.88 Å². The highest BCUT2D eigenvalue weighted by molar-refractivity contribution is 6.29. The quantitative estimate of drug-likeness (QED) is 0.652. The SMILES string of the molecule is CCCOc1cccc(Cl)n1. The van der Waals surface area contributed by atoms with Gasteiger partial charge in [-0.25, -0.2) is 4.98 Å². The van der Waals surface area contributed by atoms with Crippen molar-refractivity contribution in [2.24, 2.45) is 0 Å². The van der Waals surface area contributed by atoms with Gasteiger partial charge in [0.25, 0.3) is 0 Å². The van der Waals surface area contributed by atoms with E-state index in [-0.39, 0.29) is 0 Å². The fraction of sp³-hybridized carbons (Fsp3) is 0.375. The maximum atomic E-state index is 5.63. The second-order valence-electron chi connectivity index (χ2n) is 2.15. The van der Waals surface area contributed by atoms with Gasteiger partial charge >= 0.3 is 0 Å². The third-order valence-corrected chi connectivity index (χ3v) is 1.35. The van der Waals surface area contributed by atoms with Crippen LogP contribution < -0.4 is 4.74 Å². The second kappa shape index (κ2) is 4.19. The first-order valence-electron chi connectivity index (χ1n) is 3.58. The van der Waals surface area contributed by atoms with Crippen LogP contribution in [0.2, 0.25) is 5.15 Å². The molecule has 0 aliphatic heterocycles. The average molecular weight is 172 g/mol. The molecule has 0 radical (unpaired) electrons. The molecule has 0 aliphatic rings. The average Bonchev–Trinajstić information content (AvgIpc) is 2.01. The molecule has 0 amide bonds. The number of rotatable bonds is 3. The monoisotopic (exact) mass is 171 g/mol. The Morgan fingerprint density at radius 3 is 3.00 bits per heavy atom. The Morgan fingerprint density at radius 2 is 2.36 bits per heavy atom. The molecule has 0 fully saturated rings. The molecule has 3 heteroatoms. The van der Waals surface area contributed by atoms with Crippen molar-refractivity contribution in [3.63, 3.8) is 0 Å². The maximum absolute atomic E-state index is 5.63. The highest BCUT2D eigenvalue weighted by atomic mass is 35.5. The third-order valence-electron chi connectivity index (χ3n) is 1.14. The van der Waals surface area contributed by atoms with E-state index in [1.807, 2.05) is 13.0 Å². The van der Waals surface area contributed by atoms with E-state index in [1.54, 1.807) is 12.1 Å². The molecule has 0 spiro atoms. The molecule has 1 heterocycles. The van der Waals surface area contributed by atoms with Crippen LogP contribution in [0.15, 0.2) is 18.2 Å². The zero-order valence-electron chi connectivity index (χ0n) is 6.38. The summed E-state index contributed by atoms with van der Waals surface area (Å²) >= 11 is 5.63. The van der Waals surface area contributed by atoms with Gasteiger partial charge in [0.05, 0.1) is 6.61 Å². The van der Waals surface area contributed by atoms with Crippen LogP contribution >= 0.6 is 11.6 Å². The molecule has 0 N–H and O–H groups in total. The number of aromatic nitrogens is 1. The number of ether oxygens (including phenoxy) is 1. The molecule has 1 aromatic heterocycles. The molecule has 1 rings (SSSR count). The zero-order valence-corrected chi connectivity index (χ0v) is 7.14. The van der Waals surface area contributed by atoms with Crippen molar-refractivity contribution in [2.45, 2.75) is 13.3 Å². The first-order valence-corrected chi connectivity index (χ1v) is 3.96. The lowest BCUT2D eigenvalue weighted by atomic mass is 10.5. The summed E-state index contributed by atoms with van der Waals surface area (Å²) in [6.07, 6.45) is 0.980. The Hall–Kier alpha value is -0.760. The van der Waals surface area contributed by atoms with E-state index in [2.05, 4.69) is 4.98 Å². The number of nitrogens with zero attached hydrogens (tertiary/aromatic N) is 1. The van der Waals surface area contributed by atoms with Crippen LogP contribution in [0.3, 0.4) is 0 Å². The second-order valence-corrected chi connectivity index (χ2v) is 2.53. The van der Waals surface area contributed by atoms with E-state index in [1.165, 1.54) is 0 Å². The lowest BCUT2D eigenvalue weighted by Crippen LogP contribution is -1.96. The van der Waals surface area contributed by atoms with E-state index in [0.717, 1.165) is 6.42 Å². The summed E-state index contributed by atoms with van der Waals surface area (Å²) < 4.78 is 5.24. The Labute approximate surface area is 71.2 Å². The Kier molecular flexibility index (Phi) is 3.17. The van der Waals surface area contributed by atoms with Crippen LogP contribution in [0.5, 0.6) is 5.88 Å². The smallest absolute Gasteiger partial charge is 0.214 e. The van der Waals surface area contributed by atoms with Gasteiger partial charge in [-0.3, -0.25) is 0 Å². The number of pyridine rings is 1. The van der Waals surface area contributed by atoms with Gasteiger partial charge in [0.1, 0.15) is 5.15 Å². The predicted molar refractivity (Wildman–Crippen MR) is 45.0 cm³/mol. The predicted octanol–water partition coefficient (Wildman–Crippen LogP) is 2.52. The molecule has 1 aromatic rings. The van der Waals surface area contributed by atoms with Gasteiger partial charge in [-0.05, 0) is 12.5 Å². The van der Waals surface area contributed by atoms with E-state index in [4.69, 9.17) is 16.3 Å². The van der Waals surface area contributed by atoms with Crippen LogP contribution in [0.1, 0.15) is 13.3 Å². The molecule has 0 saturated heterocycles. The lowest BCUT2D eigenvalue weighted by molar-refractivity contribution is 0.305. The van der Waals surface area contributed by atoms with Gasteiger partial charge in [-0.15, -0.1) is 0 Å². The van der Waals surface area contributed by atoms with Crippen molar-refractivity contribution in [1.82, 2.24) is 4.98 Å². The highest BCUT2D eigenvalue weighted by Gasteiger charge is 1.93. The highest BCUT2D eigenvalue weighted by Crippen LogP contribution is 2.11. The minimum Gasteiger partial charge on any atom is -0.478 e. The lowest BCUT2D eigenvalue weighted by Gasteiger charge is -2.01. The summed E-state index contributed by atoms with van der Waals surface area (Å²) in [6.45, 7) is 2.73. The number of halogens is 1. The van der Waals surface area contributed by atoms with Gasteiger partial charge in [0, 0.05) is 6.07 Å². The molecule has 0 atom stereocenters. The molecule has 0 unspecified atom stereocenters. The molecule has 60 valence electrons. The first-order chi connectivity index (χ1) is 5.33. The van der Waals surface area contributed by atoms with E-state index >= 15 is 0 Å². The molecule has 0 bridgehead atoms.